The van der Waals surface area contributed by atoms with Crippen molar-refractivity contribution in [2.24, 2.45) is 14.1 Å². The Bertz CT molecular complexity index is 1920. The van der Waals surface area contributed by atoms with E-state index in [1.807, 2.05) is 37.1 Å². The molecular weight excluding hydrogens is 615 g/mol. The number of amides is 1. The van der Waals surface area contributed by atoms with E-state index in [0.717, 1.165) is 10.1 Å². The number of hydrogen-bond acceptors (Lipinski definition) is 7. The lowest BCUT2D eigenvalue weighted by Gasteiger charge is -2.35. The molecule has 0 saturated carbocycles. The monoisotopic (exact) mass is 650 g/mol. The SMILES string of the molecule is COc1cc(-c2cccc(-c3cccc(NC(=O)c4cn(C)c(=O)n(C)c4=O)c3C)c2Cl)cc(F)c1CN(C)[C@@H]1CCOC[C@@H]1O. The van der Waals surface area contributed by atoms with Crippen LogP contribution < -0.4 is 21.3 Å². The van der Waals surface area contributed by atoms with Crippen LogP contribution in [0.2, 0.25) is 5.02 Å². The number of aromatic nitrogens is 2. The number of ether oxygens (including phenoxy) is 2. The van der Waals surface area contributed by atoms with Crippen LogP contribution in [0, 0.1) is 12.7 Å². The molecule has 1 aromatic heterocycles. The fraction of sp³-hybridized carbons (Fsp3) is 0.324. The molecule has 0 spiro atoms. The van der Waals surface area contributed by atoms with Crippen molar-refractivity contribution in [1.82, 2.24) is 14.0 Å². The van der Waals surface area contributed by atoms with Crippen molar-refractivity contribution in [1.29, 1.82) is 0 Å². The number of methoxy groups -OCH3 is 1. The van der Waals surface area contributed by atoms with E-state index in [4.69, 9.17) is 21.1 Å². The predicted molar refractivity (Wildman–Crippen MR) is 175 cm³/mol. The molecule has 0 bridgehead atoms. The van der Waals surface area contributed by atoms with Crippen LogP contribution in [-0.2, 0) is 25.4 Å². The Labute approximate surface area is 270 Å². The number of carbonyl (C=O) groups is 1. The van der Waals surface area contributed by atoms with E-state index in [1.165, 1.54) is 38.0 Å². The molecule has 46 heavy (non-hydrogen) atoms. The number of rotatable bonds is 8. The van der Waals surface area contributed by atoms with E-state index < -0.39 is 29.1 Å². The van der Waals surface area contributed by atoms with Gasteiger partial charge in [-0.2, -0.15) is 0 Å². The van der Waals surface area contributed by atoms with Crippen LogP contribution in [0.25, 0.3) is 22.3 Å². The van der Waals surface area contributed by atoms with Gasteiger partial charge >= 0.3 is 5.69 Å². The topological polar surface area (TPSA) is 115 Å². The number of nitrogens with zero attached hydrogens (tertiary/aromatic N) is 3. The molecule has 5 rings (SSSR count). The molecule has 10 nitrogen and oxygen atoms in total. The minimum atomic E-state index is -0.702. The molecule has 1 fully saturated rings. The summed E-state index contributed by atoms with van der Waals surface area (Å²) in [6.45, 7) is 2.82. The summed E-state index contributed by atoms with van der Waals surface area (Å²) in [6, 6.07) is 13.8. The van der Waals surface area contributed by atoms with Crippen LogP contribution >= 0.6 is 11.6 Å². The highest BCUT2D eigenvalue weighted by molar-refractivity contribution is 6.36. The summed E-state index contributed by atoms with van der Waals surface area (Å²) in [5, 5.41) is 13.5. The van der Waals surface area contributed by atoms with Crippen LogP contribution in [0.3, 0.4) is 0 Å². The Kier molecular flexibility index (Phi) is 9.78. The molecule has 3 aromatic carbocycles. The molecule has 0 radical (unpaired) electrons. The van der Waals surface area contributed by atoms with Crippen LogP contribution in [0.15, 0.2) is 64.3 Å². The smallest absolute Gasteiger partial charge is 0.330 e. The van der Waals surface area contributed by atoms with Crippen molar-refractivity contribution >= 4 is 23.2 Å². The molecule has 0 aliphatic carbocycles. The first-order valence-electron chi connectivity index (χ1n) is 14.7. The van der Waals surface area contributed by atoms with Crippen molar-refractivity contribution in [3.63, 3.8) is 0 Å². The first-order valence-corrected chi connectivity index (χ1v) is 15.1. The molecule has 1 aliphatic heterocycles. The van der Waals surface area contributed by atoms with Crippen LogP contribution in [0.5, 0.6) is 5.75 Å². The number of likely N-dealkylation sites (N-methyl/N-ethyl adjacent to an activating group) is 1. The molecule has 1 amide bonds. The summed E-state index contributed by atoms with van der Waals surface area (Å²) < 4.78 is 28.7. The average Bonchev–Trinajstić information content (AvgIpc) is 3.04. The third-order valence-electron chi connectivity index (χ3n) is 8.51. The van der Waals surface area contributed by atoms with Crippen molar-refractivity contribution in [2.75, 3.05) is 32.7 Å². The second-order valence-electron chi connectivity index (χ2n) is 11.5. The number of carbonyl (C=O) groups excluding carboxylic acids is 1. The molecule has 1 aliphatic rings. The van der Waals surface area contributed by atoms with Crippen molar-refractivity contribution in [2.45, 2.75) is 32.0 Å². The third kappa shape index (κ3) is 6.36. The Morgan fingerprint density at radius 2 is 1.85 bits per heavy atom. The number of aliphatic hydroxyl groups is 1. The molecule has 12 heteroatoms. The number of aryl methyl sites for hydroxylation is 1. The molecule has 242 valence electrons. The second kappa shape index (κ2) is 13.6. The number of nitrogens with one attached hydrogen (secondary N) is 1. The second-order valence-corrected chi connectivity index (χ2v) is 11.8. The van der Waals surface area contributed by atoms with Crippen LogP contribution in [0.4, 0.5) is 10.1 Å². The quantitative estimate of drug-likeness (QED) is 0.291. The standard InChI is InChI=1S/C34H36ClFN4O6/c1-19-21(8-7-11-27(19)37-32(42)25-17-39(3)34(44)40(4)33(25)43)23-10-6-9-22(31(23)35)20-14-26(36)24(30(15-20)45-5)16-38(2)28-12-13-46-18-29(28)41/h6-11,14-15,17,28-29,41H,12-13,16,18H2,1-5H3,(H,37,42)/t28-,29+/m1/s1. The maximum Gasteiger partial charge on any atom is 0.330 e. The number of aliphatic hydroxyl groups excluding tert-OH is 1. The maximum atomic E-state index is 15.7. The lowest BCUT2D eigenvalue weighted by atomic mass is 9.94. The van der Waals surface area contributed by atoms with Gasteiger partial charge in [0.25, 0.3) is 11.5 Å². The molecule has 2 N–H and O–H groups in total. The van der Waals surface area contributed by atoms with E-state index >= 15 is 4.39 Å². The lowest BCUT2D eigenvalue weighted by molar-refractivity contribution is -0.0607. The first kappa shape index (κ1) is 33.1. The van der Waals surface area contributed by atoms with Gasteiger partial charge in [-0.25, -0.2) is 9.18 Å². The Balaban J connectivity index is 1.46. The summed E-state index contributed by atoms with van der Waals surface area (Å²) in [5.74, 6) is -0.763. The molecule has 1 saturated heterocycles. The van der Waals surface area contributed by atoms with Gasteiger partial charge in [-0.3, -0.25) is 19.1 Å². The maximum absolute atomic E-state index is 15.7. The van der Waals surface area contributed by atoms with Gasteiger partial charge in [-0.05, 0) is 55.3 Å². The Morgan fingerprint density at radius 1 is 1.15 bits per heavy atom. The minimum absolute atomic E-state index is 0.167. The number of benzene rings is 3. The molecular formula is C34H36ClFN4O6. The van der Waals surface area contributed by atoms with E-state index in [1.54, 1.807) is 24.3 Å². The van der Waals surface area contributed by atoms with Crippen molar-refractivity contribution in [3.8, 4) is 28.0 Å². The molecule has 2 heterocycles. The number of halogens is 2. The lowest BCUT2D eigenvalue weighted by Crippen LogP contribution is -2.47. The van der Waals surface area contributed by atoms with E-state index in [9.17, 15) is 19.5 Å². The van der Waals surface area contributed by atoms with Gasteiger partial charge in [-0.1, -0.05) is 41.9 Å². The fourth-order valence-electron chi connectivity index (χ4n) is 5.87. The van der Waals surface area contributed by atoms with Crippen molar-refractivity contribution in [3.05, 3.63) is 103 Å². The zero-order valence-electron chi connectivity index (χ0n) is 26.3. The van der Waals surface area contributed by atoms with E-state index in [-0.39, 0.29) is 24.8 Å². The summed E-state index contributed by atoms with van der Waals surface area (Å²) in [5.41, 5.74) is 2.57. The Morgan fingerprint density at radius 3 is 2.57 bits per heavy atom. The predicted octanol–water partition coefficient (Wildman–Crippen LogP) is 4.36. The fourth-order valence-corrected chi connectivity index (χ4v) is 6.21. The highest BCUT2D eigenvalue weighted by atomic mass is 35.5. The summed E-state index contributed by atoms with van der Waals surface area (Å²) in [7, 11) is 6.10. The minimum Gasteiger partial charge on any atom is -0.496 e. The van der Waals surface area contributed by atoms with Crippen LogP contribution in [-0.4, -0.2) is 64.6 Å². The van der Waals surface area contributed by atoms with Gasteiger partial charge in [0.05, 0.1) is 24.8 Å². The normalized spacial score (nSPS) is 16.5. The highest BCUT2D eigenvalue weighted by Gasteiger charge is 2.29. The number of anilines is 1. The van der Waals surface area contributed by atoms with Crippen molar-refractivity contribution < 1.29 is 23.8 Å². The first-order chi connectivity index (χ1) is 21.9. The zero-order chi connectivity index (χ0) is 33.3. The summed E-state index contributed by atoms with van der Waals surface area (Å²) in [4.78, 5) is 39.7. The average molecular weight is 651 g/mol. The van der Waals surface area contributed by atoms with Gasteiger partial charge < -0.3 is 24.5 Å². The Hall–Kier alpha value is -4.29. The van der Waals surface area contributed by atoms with E-state index in [0.29, 0.717) is 57.3 Å². The van der Waals surface area contributed by atoms with Gasteiger partial charge in [0.2, 0.25) is 0 Å². The van der Waals surface area contributed by atoms with Gasteiger partial charge in [0, 0.05) is 61.9 Å². The molecule has 4 aromatic rings. The zero-order valence-corrected chi connectivity index (χ0v) is 27.0. The highest BCUT2D eigenvalue weighted by Crippen LogP contribution is 2.41. The van der Waals surface area contributed by atoms with Gasteiger partial charge in [0.1, 0.15) is 17.1 Å². The summed E-state index contributed by atoms with van der Waals surface area (Å²) >= 11 is 6.99. The number of hydrogen-bond donors (Lipinski definition) is 2. The summed E-state index contributed by atoms with van der Waals surface area (Å²) in [6.07, 6.45) is 1.19. The van der Waals surface area contributed by atoms with Gasteiger partial charge in [0.15, 0.2) is 0 Å². The molecule has 2 atom stereocenters. The van der Waals surface area contributed by atoms with Gasteiger partial charge in [-0.15, -0.1) is 0 Å². The largest absolute Gasteiger partial charge is 0.496 e. The van der Waals surface area contributed by atoms with E-state index in [2.05, 4.69) is 5.32 Å². The molecule has 0 unspecified atom stereocenters. The van der Waals surface area contributed by atoms with Crippen LogP contribution in [0.1, 0.15) is 27.9 Å². The third-order valence-corrected chi connectivity index (χ3v) is 8.92.